The van der Waals surface area contributed by atoms with Crippen LogP contribution in [0.25, 0.3) is 0 Å². The number of β-lactam (4-membered cyclic amide) rings is 1. The number of amides is 2. The lowest BCUT2D eigenvalue weighted by molar-refractivity contribution is -0.692. The molecule has 0 bridgehead atoms. The van der Waals surface area contributed by atoms with Gasteiger partial charge in [-0.25, -0.2) is 9.59 Å². The number of hydrogen-bond donors (Lipinski definition) is 2. The zero-order chi connectivity index (χ0) is 21.6. The summed E-state index contributed by atoms with van der Waals surface area (Å²) in [5.74, 6) is -1.02. The zero-order valence-corrected chi connectivity index (χ0v) is 18.9. The Balaban J connectivity index is 1.53. The number of rotatable bonds is 4. The van der Waals surface area contributed by atoms with Gasteiger partial charge < -0.3 is 15.2 Å². The van der Waals surface area contributed by atoms with Crippen molar-refractivity contribution in [1.82, 2.24) is 10.2 Å². The van der Waals surface area contributed by atoms with Crippen molar-refractivity contribution in [1.29, 1.82) is 0 Å². The van der Waals surface area contributed by atoms with Crippen molar-refractivity contribution >= 4 is 41.1 Å². The molecular weight excluding hydrogens is 426 g/mol. The Morgan fingerprint density at radius 3 is 2.77 bits per heavy atom. The smallest absolute Gasteiger partial charge is 0.408 e. The van der Waals surface area contributed by atoms with Crippen molar-refractivity contribution in [2.75, 3.05) is 5.75 Å². The first kappa shape index (κ1) is 21.2. The number of ether oxygens (including phenoxy) is 1. The predicted octanol–water partition coefficient (Wildman–Crippen LogP) is 2.06. The Hall–Kier alpha value is -2.07. The summed E-state index contributed by atoms with van der Waals surface area (Å²) in [6, 6.07) is -0.776. The number of carboxylic acid groups (broad SMARTS) is 1. The molecule has 1 saturated heterocycles. The van der Waals surface area contributed by atoms with Crippen molar-refractivity contribution in [3.05, 3.63) is 27.4 Å². The molecule has 1 aromatic rings. The van der Waals surface area contributed by atoms with Gasteiger partial charge in [0, 0.05) is 17.7 Å². The number of nitrogens with zero attached hydrogens (tertiary/aromatic N) is 2. The monoisotopic (exact) mass is 452 g/mol. The third kappa shape index (κ3) is 3.94. The second-order valence-electron chi connectivity index (χ2n) is 8.72. The number of hydrogen-bond acceptors (Lipinski definition) is 6. The molecule has 2 N–H and O–H groups in total. The van der Waals surface area contributed by atoms with Gasteiger partial charge in [0.1, 0.15) is 22.7 Å². The molecule has 2 aliphatic heterocycles. The van der Waals surface area contributed by atoms with Gasteiger partial charge >= 0.3 is 12.1 Å². The molecule has 0 spiro atoms. The Kier molecular flexibility index (Phi) is 5.56. The summed E-state index contributed by atoms with van der Waals surface area (Å²) in [6.45, 7) is 5.71. The minimum atomic E-state index is -1.11. The SMILES string of the molecule is CC(C)(C)OC(=O)N[C@@H]1C(=O)N2C(C(=O)O)=C(C[n+]3csc4c3CCCC4)CS[C@H]12. The summed E-state index contributed by atoms with van der Waals surface area (Å²) >= 11 is 3.20. The number of alkyl carbamates (subject to hydrolysis) is 1. The van der Waals surface area contributed by atoms with E-state index < -0.39 is 35.0 Å². The first-order valence-electron chi connectivity index (χ1n) is 10.0. The third-order valence-corrected chi connectivity index (χ3v) is 7.77. The highest BCUT2D eigenvalue weighted by molar-refractivity contribution is 8.00. The van der Waals surface area contributed by atoms with Crippen LogP contribution >= 0.6 is 23.1 Å². The van der Waals surface area contributed by atoms with Gasteiger partial charge in [0.15, 0.2) is 12.2 Å². The summed E-state index contributed by atoms with van der Waals surface area (Å²) in [6.07, 6.45) is 3.76. The second kappa shape index (κ2) is 7.88. The fourth-order valence-corrected chi connectivity index (χ4v) is 6.47. The fraction of sp³-hybridized carbons (Fsp3) is 0.600. The summed E-state index contributed by atoms with van der Waals surface area (Å²) in [4.78, 5) is 39.5. The third-order valence-electron chi connectivity index (χ3n) is 5.34. The number of fused-ring (bicyclic) bond motifs is 2. The quantitative estimate of drug-likeness (QED) is 0.536. The highest BCUT2D eigenvalue weighted by atomic mass is 32.2. The van der Waals surface area contributed by atoms with E-state index in [1.165, 1.54) is 33.7 Å². The maximum atomic E-state index is 12.7. The van der Waals surface area contributed by atoms with Crippen LogP contribution in [0, 0.1) is 0 Å². The average molecular weight is 453 g/mol. The van der Waals surface area contributed by atoms with Gasteiger partial charge in [-0.3, -0.25) is 9.69 Å². The minimum absolute atomic E-state index is 0.0502. The number of carbonyl (C=O) groups excluding carboxylic acids is 2. The molecule has 1 aromatic heterocycles. The molecule has 162 valence electrons. The van der Waals surface area contributed by atoms with Gasteiger partial charge in [-0.2, -0.15) is 4.57 Å². The van der Waals surface area contributed by atoms with Gasteiger partial charge in [-0.15, -0.1) is 11.8 Å². The number of aliphatic carboxylic acids is 1. The number of thioether (sulfide) groups is 1. The second-order valence-corrected chi connectivity index (χ2v) is 10.8. The minimum Gasteiger partial charge on any atom is -0.477 e. The number of carbonyl (C=O) groups is 3. The van der Waals surface area contributed by atoms with E-state index in [0.717, 1.165) is 24.8 Å². The number of carboxylic acids is 1. The van der Waals surface area contributed by atoms with E-state index in [1.54, 1.807) is 32.1 Å². The van der Waals surface area contributed by atoms with Gasteiger partial charge in [0.25, 0.3) is 5.91 Å². The molecule has 10 heteroatoms. The molecule has 0 saturated carbocycles. The molecule has 0 radical (unpaired) electrons. The van der Waals surface area contributed by atoms with Crippen LogP contribution in [0.2, 0.25) is 0 Å². The lowest BCUT2D eigenvalue weighted by Gasteiger charge is -2.49. The number of aryl methyl sites for hydroxylation is 1. The van der Waals surface area contributed by atoms with E-state index in [4.69, 9.17) is 4.74 Å². The fourth-order valence-electron chi connectivity index (χ4n) is 4.06. The summed E-state index contributed by atoms with van der Waals surface area (Å²) in [7, 11) is 0. The Morgan fingerprint density at radius 1 is 1.33 bits per heavy atom. The van der Waals surface area contributed by atoms with Crippen LogP contribution in [0.15, 0.2) is 16.8 Å². The van der Waals surface area contributed by atoms with E-state index in [0.29, 0.717) is 12.3 Å². The largest absolute Gasteiger partial charge is 0.477 e. The number of aromatic nitrogens is 1. The molecule has 3 aliphatic rings. The van der Waals surface area contributed by atoms with Crippen LogP contribution in [-0.4, -0.2) is 50.7 Å². The van der Waals surface area contributed by atoms with Crippen LogP contribution in [0.1, 0.15) is 44.2 Å². The topological polar surface area (TPSA) is 99.8 Å². The van der Waals surface area contributed by atoms with Crippen molar-refractivity contribution < 1.29 is 28.8 Å². The molecule has 8 nitrogen and oxygen atoms in total. The highest BCUT2D eigenvalue weighted by Crippen LogP contribution is 2.40. The van der Waals surface area contributed by atoms with Crippen molar-refractivity contribution in [2.24, 2.45) is 0 Å². The standard InChI is InChI=1S/C20H25N3O5S2/c1-20(2,3)28-19(27)21-14-16(24)23-15(18(25)26)11(9-29-17(14)23)8-22-10-30-13-7-5-4-6-12(13)22/h10,14,17H,4-9H2,1-3H3,(H-,21,25,26,27)/p+1/t14-,17-/m1/s1. The highest BCUT2D eigenvalue weighted by Gasteiger charge is 2.55. The number of thiazole rings is 1. The van der Waals surface area contributed by atoms with E-state index in [2.05, 4.69) is 15.4 Å². The van der Waals surface area contributed by atoms with E-state index in [-0.39, 0.29) is 5.70 Å². The van der Waals surface area contributed by atoms with Crippen LogP contribution < -0.4 is 9.88 Å². The van der Waals surface area contributed by atoms with E-state index in [9.17, 15) is 19.5 Å². The van der Waals surface area contributed by atoms with Crippen LogP contribution in [0.3, 0.4) is 0 Å². The Labute approximate surface area is 183 Å². The maximum Gasteiger partial charge on any atom is 0.408 e. The average Bonchev–Trinajstić information content (AvgIpc) is 3.07. The van der Waals surface area contributed by atoms with Gasteiger partial charge in [0.2, 0.25) is 5.51 Å². The lowest BCUT2D eigenvalue weighted by Crippen LogP contribution is -2.71. The lowest BCUT2D eigenvalue weighted by atomic mass is 10.0. The first-order chi connectivity index (χ1) is 14.2. The molecular formula is C20H26N3O5S2+. The molecule has 2 amide bonds. The summed E-state index contributed by atoms with van der Waals surface area (Å²) < 4.78 is 7.37. The van der Waals surface area contributed by atoms with Gasteiger partial charge in [-0.1, -0.05) is 11.3 Å². The van der Waals surface area contributed by atoms with E-state index in [1.807, 2.05) is 0 Å². The van der Waals surface area contributed by atoms with Crippen LogP contribution in [0.5, 0.6) is 0 Å². The normalized spacial score (nSPS) is 23.4. The first-order valence-corrected chi connectivity index (χ1v) is 12.0. The maximum absolute atomic E-state index is 12.7. The summed E-state index contributed by atoms with van der Waals surface area (Å²) in [5.41, 5.74) is 3.45. The zero-order valence-electron chi connectivity index (χ0n) is 17.3. The molecule has 30 heavy (non-hydrogen) atoms. The Morgan fingerprint density at radius 2 is 2.07 bits per heavy atom. The molecule has 1 fully saturated rings. The van der Waals surface area contributed by atoms with Gasteiger partial charge in [0.05, 0.1) is 4.88 Å². The van der Waals surface area contributed by atoms with E-state index >= 15 is 0 Å². The molecule has 3 heterocycles. The molecule has 2 atom stereocenters. The number of nitrogens with one attached hydrogen (secondary N) is 1. The van der Waals surface area contributed by atoms with Crippen molar-refractivity contribution in [3.8, 4) is 0 Å². The van der Waals surface area contributed by atoms with Crippen molar-refractivity contribution in [2.45, 2.75) is 70.0 Å². The predicted molar refractivity (Wildman–Crippen MR) is 112 cm³/mol. The van der Waals surface area contributed by atoms with Gasteiger partial charge in [-0.05, 0) is 40.0 Å². The molecule has 0 unspecified atom stereocenters. The molecule has 4 rings (SSSR count). The summed E-state index contributed by atoms with van der Waals surface area (Å²) in [5, 5.41) is 12.0. The molecule has 0 aromatic carbocycles. The van der Waals surface area contributed by atoms with Crippen LogP contribution in [0.4, 0.5) is 4.79 Å². The molecule has 1 aliphatic carbocycles. The van der Waals surface area contributed by atoms with Crippen molar-refractivity contribution in [3.63, 3.8) is 0 Å². The van der Waals surface area contributed by atoms with Crippen LogP contribution in [-0.2, 0) is 33.7 Å². The Bertz CT molecular complexity index is 933.